The number of ether oxygens (including phenoxy) is 1. The highest BCUT2D eigenvalue weighted by atomic mass is 32.1. The Labute approximate surface area is 181 Å². The average molecular weight is 424 g/mol. The van der Waals surface area contributed by atoms with Crippen LogP contribution in [-0.4, -0.2) is 53.2 Å². The minimum absolute atomic E-state index is 0.753. The fraction of sp³-hybridized carbons (Fsp3) is 0.522. The number of morpholine rings is 1. The molecule has 6 nitrogen and oxygen atoms in total. The van der Waals surface area contributed by atoms with Crippen molar-refractivity contribution in [1.82, 2.24) is 19.9 Å². The minimum Gasteiger partial charge on any atom is -0.379 e. The number of pyridine rings is 1. The summed E-state index contributed by atoms with van der Waals surface area (Å²) in [5.74, 6) is 2.74. The molecule has 1 aliphatic carbocycles. The molecule has 1 fully saturated rings. The van der Waals surface area contributed by atoms with Crippen molar-refractivity contribution in [1.29, 1.82) is 0 Å². The lowest BCUT2D eigenvalue weighted by atomic mass is 9.89. The lowest BCUT2D eigenvalue weighted by Crippen LogP contribution is -2.36. The summed E-state index contributed by atoms with van der Waals surface area (Å²) in [5.41, 5.74) is 2.68. The number of thiophene rings is 1. The van der Waals surface area contributed by atoms with Crippen LogP contribution in [0.25, 0.3) is 10.2 Å². The maximum atomic E-state index is 5.51. The Balaban J connectivity index is 1.54. The highest BCUT2D eigenvalue weighted by molar-refractivity contribution is 7.19. The van der Waals surface area contributed by atoms with Gasteiger partial charge in [-0.1, -0.05) is 13.0 Å². The van der Waals surface area contributed by atoms with Crippen molar-refractivity contribution in [2.24, 2.45) is 5.92 Å². The van der Waals surface area contributed by atoms with Gasteiger partial charge < -0.3 is 9.64 Å². The van der Waals surface area contributed by atoms with E-state index in [0.717, 1.165) is 68.2 Å². The zero-order chi connectivity index (χ0) is 20.5. The Morgan fingerprint density at radius 3 is 2.93 bits per heavy atom. The summed E-state index contributed by atoms with van der Waals surface area (Å²) in [6.07, 6.45) is 7.31. The average Bonchev–Trinajstić information content (AvgIpc) is 3.11. The van der Waals surface area contributed by atoms with E-state index in [1.54, 1.807) is 0 Å². The summed E-state index contributed by atoms with van der Waals surface area (Å²) < 4.78 is 5.51. The summed E-state index contributed by atoms with van der Waals surface area (Å²) >= 11 is 1.88. The molecule has 0 bridgehead atoms. The Kier molecular flexibility index (Phi) is 5.67. The second-order valence-corrected chi connectivity index (χ2v) is 9.68. The first-order valence-electron chi connectivity index (χ1n) is 10.9. The van der Waals surface area contributed by atoms with Gasteiger partial charge in [0.25, 0.3) is 0 Å². The lowest BCUT2D eigenvalue weighted by molar-refractivity contribution is 0.0331. The Hall–Kier alpha value is -2.09. The topological polar surface area (TPSA) is 54.4 Å². The van der Waals surface area contributed by atoms with E-state index in [2.05, 4.69) is 34.8 Å². The van der Waals surface area contributed by atoms with Crippen molar-refractivity contribution < 1.29 is 4.74 Å². The molecule has 1 unspecified atom stereocenters. The van der Waals surface area contributed by atoms with Gasteiger partial charge in [0.05, 0.1) is 25.1 Å². The number of fused-ring (bicyclic) bond motifs is 3. The lowest BCUT2D eigenvalue weighted by Gasteiger charge is -2.26. The summed E-state index contributed by atoms with van der Waals surface area (Å²) in [6.45, 7) is 7.41. The van der Waals surface area contributed by atoms with Crippen molar-refractivity contribution in [2.45, 2.75) is 39.3 Å². The number of hydrogen-bond donors (Lipinski definition) is 0. The second-order valence-electron chi connectivity index (χ2n) is 8.60. The fourth-order valence-electron chi connectivity index (χ4n) is 4.51. The first kappa shape index (κ1) is 19.8. The van der Waals surface area contributed by atoms with Crippen LogP contribution >= 0.6 is 11.3 Å². The molecule has 0 aromatic carbocycles. The second kappa shape index (κ2) is 8.57. The molecule has 0 N–H and O–H groups in total. The third-order valence-corrected chi connectivity index (χ3v) is 7.30. The zero-order valence-electron chi connectivity index (χ0n) is 17.8. The fourth-order valence-corrected chi connectivity index (χ4v) is 5.91. The van der Waals surface area contributed by atoms with E-state index in [1.165, 1.54) is 34.2 Å². The van der Waals surface area contributed by atoms with Crippen molar-refractivity contribution in [3.8, 4) is 0 Å². The number of rotatable bonds is 5. The van der Waals surface area contributed by atoms with E-state index in [0.29, 0.717) is 0 Å². The van der Waals surface area contributed by atoms with Gasteiger partial charge in [0.1, 0.15) is 16.5 Å². The molecule has 3 aromatic heterocycles. The zero-order valence-corrected chi connectivity index (χ0v) is 18.6. The van der Waals surface area contributed by atoms with Crippen LogP contribution in [0.3, 0.4) is 0 Å². The summed E-state index contributed by atoms with van der Waals surface area (Å²) in [7, 11) is 2.14. The molecule has 4 heterocycles. The van der Waals surface area contributed by atoms with E-state index < -0.39 is 0 Å². The predicted molar refractivity (Wildman–Crippen MR) is 121 cm³/mol. The highest BCUT2D eigenvalue weighted by Crippen LogP contribution is 2.41. The van der Waals surface area contributed by atoms with E-state index in [9.17, 15) is 0 Å². The molecule has 0 radical (unpaired) electrons. The number of aryl methyl sites for hydroxylation is 1. The molecular formula is C23H29N5OS. The van der Waals surface area contributed by atoms with Gasteiger partial charge in [-0.2, -0.15) is 0 Å². The first-order valence-corrected chi connectivity index (χ1v) is 11.7. The van der Waals surface area contributed by atoms with E-state index >= 15 is 0 Å². The predicted octanol–water partition coefficient (Wildman–Crippen LogP) is 3.68. The number of hydrogen-bond acceptors (Lipinski definition) is 7. The molecule has 1 aliphatic heterocycles. The number of aromatic nitrogens is 3. The van der Waals surface area contributed by atoms with E-state index in [1.807, 2.05) is 29.8 Å². The number of nitrogens with zero attached hydrogens (tertiary/aromatic N) is 5. The van der Waals surface area contributed by atoms with Gasteiger partial charge in [0.15, 0.2) is 0 Å². The van der Waals surface area contributed by atoms with Crippen LogP contribution in [0.1, 0.15) is 35.2 Å². The maximum absolute atomic E-state index is 5.51. The van der Waals surface area contributed by atoms with Crippen LogP contribution < -0.4 is 4.90 Å². The SMILES string of the molecule is CC1CCc2c(sc3nc(CN4CCOCC4)nc(N(C)Cc4cccnc4)c23)C1. The van der Waals surface area contributed by atoms with Gasteiger partial charge in [-0.05, 0) is 42.4 Å². The van der Waals surface area contributed by atoms with Crippen LogP contribution in [0.2, 0.25) is 0 Å². The maximum Gasteiger partial charge on any atom is 0.146 e. The number of anilines is 1. The van der Waals surface area contributed by atoms with Crippen molar-refractivity contribution in [3.05, 3.63) is 46.4 Å². The molecule has 0 amide bonds. The smallest absolute Gasteiger partial charge is 0.146 e. The van der Waals surface area contributed by atoms with Crippen LogP contribution in [0.15, 0.2) is 24.5 Å². The largest absolute Gasteiger partial charge is 0.379 e. The standard InChI is InChI=1S/C23H29N5OS/c1-16-5-6-18-19(12-16)30-23-21(18)22(27(2)14-17-4-3-7-24-13-17)25-20(26-23)15-28-8-10-29-11-9-28/h3-4,7,13,16H,5-6,8-12,14-15H2,1-2H3. The molecule has 1 atom stereocenters. The van der Waals surface area contributed by atoms with Gasteiger partial charge in [-0.3, -0.25) is 9.88 Å². The van der Waals surface area contributed by atoms with Gasteiger partial charge in [-0.25, -0.2) is 9.97 Å². The quantitative estimate of drug-likeness (QED) is 0.624. The van der Waals surface area contributed by atoms with Gasteiger partial charge in [-0.15, -0.1) is 11.3 Å². The molecule has 30 heavy (non-hydrogen) atoms. The van der Waals surface area contributed by atoms with Gasteiger partial charge >= 0.3 is 0 Å². The Morgan fingerprint density at radius 1 is 1.27 bits per heavy atom. The monoisotopic (exact) mass is 423 g/mol. The molecule has 158 valence electrons. The van der Waals surface area contributed by atoms with Crippen LogP contribution in [0.5, 0.6) is 0 Å². The third-order valence-electron chi connectivity index (χ3n) is 6.16. The molecule has 3 aromatic rings. The van der Waals surface area contributed by atoms with Crippen LogP contribution in [0, 0.1) is 5.92 Å². The molecule has 0 spiro atoms. The molecule has 7 heteroatoms. The Morgan fingerprint density at radius 2 is 2.13 bits per heavy atom. The Bertz CT molecular complexity index is 1020. The van der Waals surface area contributed by atoms with Crippen LogP contribution in [0.4, 0.5) is 5.82 Å². The molecule has 5 rings (SSSR count). The van der Waals surface area contributed by atoms with E-state index in [-0.39, 0.29) is 0 Å². The van der Waals surface area contributed by atoms with Crippen molar-refractivity contribution in [3.63, 3.8) is 0 Å². The highest BCUT2D eigenvalue weighted by Gasteiger charge is 2.25. The molecule has 2 aliphatic rings. The first-order chi connectivity index (χ1) is 14.7. The summed E-state index contributed by atoms with van der Waals surface area (Å²) in [4.78, 5) is 21.8. The van der Waals surface area contributed by atoms with Crippen molar-refractivity contribution in [2.75, 3.05) is 38.3 Å². The molecule has 1 saturated heterocycles. The third kappa shape index (κ3) is 4.06. The minimum atomic E-state index is 0.753. The van der Waals surface area contributed by atoms with Crippen molar-refractivity contribution >= 4 is 27.4 Å². The van der Waals surface area contributed by atoms with Crippen LogP contribution in [-0.2, 0) is 30.7 Å². The molecule has 0 saturated carbocycles. The van der Waals surface area contributed by atoms with Gasteiger partial charge in [0, 0.05) is 44.0 Å². The summed E-state index contributed by atoms with van der Waals surface area (Å²) in [6, 6.07) is 4.12. The summed E-state index contributed by atoms with van der Waals surface area (Å²) in [5, 5.41) is 1.28. The van der Waals surface area contributed by atoms with Gasteiger partial charge in [0.2, 0.25) is 0 Å². The van der Waals surface area contributed by atoms with E-state index in [4.69, 9.17) is 14.7 Å². The molecular weight excluding hydrogens is 394 g/mol. The normalized spacial score (nSPS) is 19.7.